The first-order valence-electron chi connectivity index (χ1n) is 10.7. The van der Waals surface area contributed by atoms with Crippen LogP contribution < -0.4 is 0 Å². The van der Waals surface area contributed by atoms with E-state index in [1.165, 1.54) is 64.5 Å². The van der Waals surface area contributed by atoms with Gasteiger partial charge in [-0.3, -0.25) is 9.69 Å². The second-order valence-corrected chi connectivity index (χ2v) is 11.7. The van der Waals surface area contributed by atoms with Crippen molar-refractivity contribution in [2.75, 3.05) is 19.7 Å². The number of fused-ring (bicyclic) bond motifs is 1. The highest BCUT2D eigenvalue weighted by Gasteiger charge is 2.60. The highest BCUT2D eigenvalue weighted by molar-refractivity contribution is 9.10. The van der Waals surface area contributed by atoms with E-state index in [2.05, 4.69) is 20.8 Å². The maximum absolute atomic E-state index is 13.2. The maximum atomic E-state index is 13.2. The lowest BCUT2D eigenvalue weighted by Gasteiger charge is -2.58. The predicted octanol–water partition coefficient (Wildman–Crippen LogP) is 4.53. The van der Waals surface area contributed by atoms with Crippen LogP contribution in [0.15, 0.2) is 0 Å². The van der Waals surface area contributed by atoms with Crippen LogP contribution >= 0.6 is 15.9 Å². The Balaban J connectivity index is 1.25. The van der Waals surface area contributed by atoms with Gasteiger partial charge in [0.2, 0.25) is 0 Å². The first-order chi connectivity index (χ1) is 12.1. The van der Waals surface area contributed by atoms with Crippen molar-refractivity contribution < 1.29 is 9.53 Å². The van der Waals surface area contributed by atoms with Gasteiger partial charge in [-0.05, 0) is 89.1 Å². The van der Waals surface area contributed by atoms with Gasteiger partial charge in [0.15, 0.2) is 0 Å². The molecule has 6 aliphatic rings. The molecule has 4 saturated carbocycles. The first-order valence-corrected chi connectivity index (χ1v) is 11.4. The van der Waals surface area contributed by atoms with Crippen molar-refractivity contribution in [3.63, 3.8) is 0 Å². The number of hydrogen-bond donors (Lipinski definition) is 0. The Morgan fingerprint density at radius 3 is 2.56 bits per heavy atom. The molecule has 2 aliphatic heterocycles. The average molecular weight is 410 g/mol. The van der Waals surface area contributed by atoms with Gasteiger partial charge in [-0.1, -0.05) is 22.4 Å². The topological polar surface area (TPSA) is 29.5 Å². The fourth-order valence-corrected chi connectivity index (χ4v) is 8.95. The average Bonchev–Trinajstić information content (AvgIpc) is 2.57. The zero-order valence-corrected chi connectivity index (χ0v) is 16.9. The molecular formula is C21H32BrNO2. The molecule has 0 aromatic heterocycles. The number of hydrogen-bond acceptors (Lipinski definition) is 3. The fraction of sp³-hybridized carbons (Fsp3) is 0.952. The molecule has 6 fully saturated rings. The molecule has 4 atom stereocenters. The third-order valence-electron chi connectivity index (χ3n) is 8.08. The molecule has 4 heteroatoms. The highest BCUT2D eigenvalue weighted by Crippen LogP contribution is 2.64. The Kier molecular flexibility index (Phi) is 4.24. The third-order valence-corrected chi connectivity index (χ3v) is 9.01. The Hall–Kier alpha value is -0.0900. The molecule has 0 radical (unpaired) electrons. The van der Waals surface area contributed by atoms with Gasteiger partial charge in [-0.2, -0.15) is 0 Å². The van der Waals surface area contributed by atoms with Gasteiger partial charge in [-0.25, -0.2) is 0 Å². The fourth-order valence-electron chi connectivity index (χ4n) is 7.50. The zero-order chi connectivity index (χ0) is 17.1. The predicted molar refractivity (Wildman–Crippen MR) is 102 cm³/mol. The lowest BCUT2D eigenvalue weighted by Crippen LogP contribution is -2.56. The molecule has 0 unspecified atom stereocenters. The van der Waals surface area contributed by atoms with Gasteiger partial charge in [-0.15, -0.1) is 0 Å². The number of nitrogens with zero attached hydrogens (tertiary/aromatic N) is 1. The van der Waals surface area contributed by atoms with Crippen molar-refractivity contribution in [1.82, 2.24) is 4.90 Å². The molecule has 0 spiro atoms. The Labute approximate surface area is 160 Å². The van der Waals surface area contributed by atoms with Crippen molar-refractivity contribution in [2.24, 2.45) is 23.2 Å². The van der Waals surface area contributed by atoms with E-state index in [-0.39, 0.29) is 15.7 Å². The van der Waals surface area contributed by atoms with Crippen LogP contribution in [0.1, 0.15) is 70.6 Å². The van der Waals surface area contributed by atoms with Crippen LogP contribution in [0.3, 0.4) is 0 Å². The second-order valence-electron chi connectivity index (χ2n) is 9.99. The number of esters is 1. The van der Waals surface area contributed by atoms with Crippen LogP contribution in [-0.2, 0) is 9.53 Å². The number of carbonyl (C=O) groups excluding carboxylic acids is 1. The summed E-state index contributed by atoms with van der Waals surface area (Å²) in [6.45, 7) is 3.19. The summed E-state index contributed by atoms with van der Waals surface area (Å²) in [5.74, 6) is 2.22. The van der Waals surface area contributed by atoms with E-state index in [0.717, 1.165) is 31.1 Å². The van der Waals surface area contributed by atoms with Crippen molar-refractivity contribution in [3.8, 4) is 0 Å². The Morgan fingerprint density at radius 2 is 1.80 bits per heavy atom. The van der Waals surface area contributed by atoms with Crippen LogP contribution in [0.4, 0.5) is 0 Å². The van der Waals surface area contributed by atoms with Gasteiger partial charge >= 0.3 is 5.97 Å². The van der Waals surface area contributed by atoms with Crippen LogP contribution in [-0.4, -0.2) is 40.9 Å². The molecule has 2 heterocycles. The molecule has 0 N–H and O–H groups in total. The monoisotopic (exact) mass is 409 g/mol. The molecule has 0 amide bonds. The Bertz CT molecular complexity index is 534. The largest absolute Gasteiger partial charge is 0.465 e. The lowest BCUT2D eigenvalue weighted by molar-refractivity contribution is -0.172. The van der Waals surface area contributed by atoms with E-state index >= 15 is 0 Å². The van der Waals surface area contributed by atoms with E-state index in [9.17, 15) is 4.79 Å². The van der Waals surface area contributed by atoms with Crippen LogP contribution in [0.2, 0.25) is 0 Å². The molecule has 3 nitrogen and oxygen atoms in total. The van der Waals surface area contributed by atoms with Gasteiger partial charge in [0, 0.05) is 16.3 Å². The normalized spacial score (nSPS) is 49.0. The Morgan fingerprint density at radius 1 is 1.04 bits per heavy atom. The van der Waals surface area contributed by atoms with Crippen LogP contribution in [0.5, 0.6) is 0 Å². The van der Waals surface area contributed by atoms with Crippen LogP contribution in [0.25, 0.3) is 0 Å². The van der Waals surface area contributed by atoms with E-state index in [1.807, 2.05) is 0 Å². The molecule has 4 aliphatic carbocycles. The maximum Gasteiger partial charge on any atom is 0.312 e. The number of alkyl halides is 1. The smallest absolute Gasteiger partial charge is 0.312 e. The number of rotatable bonds is 3. The number of piperidine rings is 2. The van der Waals surface area contributed by atoms with Crippen LogP contribution in [0, 0.1) is 23.2 Å². The summed E-state index contributed by atoms with van der Waals surface area (Å²) in [5.41, 5.74) is -0.158. The summed E-state index contributed by atoms with van der Waals surface area (Å²) < 4.78 is 6.31. The number of halogens is 1. The summed E-state index contributed by atoms with van der Waals surface area (Å²) >= 11 is 4.02. The molecule has 0 aromatic rings. The molecule has 2 saturated heterocycles. The van der Waals surface area contributed by atoms with Crippen molar-refractivity contribution in [1.29, 1.82) is 0 Å². The highest BCUT2D eigenvalue weighted by atomic mass is 79.9. The lowest BCUT2D eigenvalue weighted by atomic mass is 9.49. The minimum absolute atomic E-state index is 0.151. The first kappa shape index (κ1) is 17.0. The summed E-state index contributed by atoms with van der Waals surface area (Å²) in [6, 6.07) is 0.675. The van der Waals surface area contributed by atoms with E-state index < -0.39 is 0 Å². The minimum atomic E-state index is -0.158. The van der Waals surface area contributed by atoms with Gasteiger partial charge in [0.25, 0.3) is 0 Å². The van der Waals surface area contributed by atoms with Gasteiger partial charge in [0.05, 0.1) is 12.0 Å². The van der Waals surface area contributed by atoms with Crippen molar-refractivity contribution in [2.45, 2.75) is 81.0 Å². The standard InChI is InChI=1S/C21H32BrNO2/c22-21-11-15-8-16(12-21)10-20(9-15,14-21)19(24)25-13-17-4-3-7-23-6-2-1-5-18(17)23/h15-18H,1-14H2/t15-,16-,17+,18-,20?,21?/m1/s1. The quantitative estimate of drug-likeness (QED) is 0.506. The molecule has 4 bridgehead atoms. The molecule has 25 heavy (non-hydrogen) atoms. The summed E-state index contributed by atoms with van der Waals surface area (Å²) in [5, 5.41) is 0. The molecular weight excluding hydrogens is 378 g/mol. The zero-order valence-electron chi connectivity index (χ0n) is 15.4. The SMILES string of the molecule is O=C(OC[C@@H]1CCCN2CCCC[C@H]12)C12C[C@H]3C[C@@H](CC(Br)(C3)C1)C2. The third kappa shape index (κ3) is 2.99. The van der Waals surface area contributed by atoms with E-state index in [1.54, 1.807) is 0 Å². The number of carbonyl (C=O) groups is 1. The summed E-state index contributed by atoms with van der Waals surface area (Å²) in [7, 11) is 0. The molecule has 140 valence electrons. The summed E-state index contributed by atoms with van der Waals surface area (Å²) in [4.78, 5) is 15.9. The van der Waals surface area contributed by atoms with Crippen molar-refractivity contribution in [3.05, 3.63) is 0 Å². The van der Waals surface area contributed by atoms with E-state index in [0.29, 0.717) is 18.6 Å². The van der Waals surface area contributed by atoms with Gasteiger partial charge < -0.3 is 4.74 Å². The van der Waals surface area contributed by atoms with E-state index in [4.69, 9.17) is 4.74 Å². The van der Waals surface area contributed by atoms with Crippen molar-refractivity contribution >= 4 is 21.9 Å². The van der Waals surface area contributed by atoms with Gasteiger partial charge in [0.1, 0.15) is 0 Å². The second kappa shape index (κ2) is 6.22. The minimum Gasteiger partial charge on any atom is -0.465 e. The number of ether oxygens (including phenoxy) is 1. The molecule has 6 rings (SSSR count). The molecule has 0 aromatic carbocycles. The summed E-state index contributed by atoms with van der Waals surface area (Å²) in [6.07, 6.45) is 13.6.